The number of nitrogens with one attached hydrogen (secondary N) is 1. The fourth-order valence-corrected chi connectivity index (χ4v) is 1.45. The van der Waals surface area contributed by atoms with E-state index in [9.17, 15) is 4.79 Å². The van der Waals surface area contributed by atoms with Gasteiger partial charge in [-0.3, -0.25) is 0 Å². The number of ether oxygens (including phenoxy) is 1. The average Bonchev–Trinajstić information content (AvgIpc) is 2.60. The smallest absolute Gasteiger partial charge is 0.356 e. The Morgan fingerprint density at radius 1 is 1.77 bits per heavy atom. The molecule has 0 unspecified atom stereocenters. The summed E-state index contributed by atoms with van der Waals surface area (Å²) in [5.74, 6) is 0.425. The van der Waals surface area contributed by atoms with Crippen LogP contribution in [0, 0.1) is 0 Å². The SMILES string of the molecule is COC(=O)c1cnc2n1CCCN2. The first-order valence-corrected chi connectivity index (χ1v) is 4.20. The van der Waals surface area contributed by atoms with Crippen molar-refractivity contribution in [3.8, 4) is 0 Å². The maximum atomic E-state index is 11.2. The molecule has 0 saturated heterocycles. The third-order valence-corrected chi connectivity index (χ3v) is 2.09. The third-order valence-electron chi connectivity index (χ3n) is 2.09. The number of aromatic nitrogens is 2. The van der Waals surface area contributed by atoms with E-state index in [4.69, 9.17) is 0 Å². The second-order valence-corrected chi connectivity index (χ2v) is 2.89. The van der Waals surface area contributed by atoms with Crippen molar-refractivity contribution in [3.05, 3.63) is 11.9 Å². The molecule has 0 aromatic carbocycles. The van der Waals surface area contributed by atoms with Gasteiger partial charge in [0.1, 0.15) is 5.69 Å². The van der Waals surface area contributed by atoms with Crippen LogP contribution in [0.25, 0.3) is 0 Å². The van der Waals surface area contributed by atoms with Gasteiger partial charge in [-0.05, 0) is 6.42 Å². The summed E-state index contributed by atoms with van der Waals surface area (Å²) in [4.78, 5) is 15.3. The van der Waals surface area contributed by atoms with Gasteiger partial charge in [0.15, 0.2) is 0 Å². The Labute approximate surface area is 75.7 Å². The molecule has 1 aromatic rings. The number of fused-ring (bicyclic) bond motifs is 1. The fraction of sp³-hybridized carbons (Fsp3) is 0.500. The van der Waals surface area contributed by atoms with Crippen molar-refractivity contribution in [2.75, 3.05) is 19.0 Å². The van der Waals surface area contributed by atoms with Crippen LogP contribution in [-0.2, 0) is 11.3 Å². The lowest BCUT2D eigenvalue weighted by Crippen LogP contribution is -2.20. The van der Waals surface area contributed by atoms with Crippen molar-refractivity contribution >= 4 is 11.9 Å². The molecular weight excluding hydrogens is 170 g/mol. The molecule has 5 heteroatoms. The highest BCUT2D eigenvalue weighted by atomic mass is 16.5. The summed E-state index contributed by atoms with van der Waals surface area (Å²) in [7, 11) is 1.37. The Bertz CT molecular complexity index is 332. The molecule has 1 aromatic heterocycles. The second kappa shape index (κ2) is 3.08. The quantitative estimate of drug-likeness (QED) is 0.640. The van der Waals surface area contributed by atoms with E-state index in [0.29, 0.717) is 5.69 Å². The molecular formula is C8H11N3O2. The molecule has 0 bridgehead atoms. The maximum absolute atomic E-state index is 11.2. The van der Waals surface area contributed by atoms with Crippen LogP contribution in [0.4, 0.5) is 5.95 Å². The van der Waals surface area contributed by atoms with Crippen molar-refractivity contribution in [2.45, 2.75) is 13.0 Å². The molecule has 1 N–H and O–H groups in total. The predicted molar refractivity (Wildman–Crippen MR) is 46.7 cm³/mol. The standard InChI is InChI=1S/C8H11N3O2/c1-13-7(12)6-5-10-8-9-3-2-4-11(6)8/h5H,2-4H2,1H3,(H,9,10). The molecule has 0 radical (unpaired) electrons. The summed E-state index contributed by atoms with van der Waals surface area (Å²) in [5, 5.41) is 3.11. The first-order valence-electron chi connectivity index (χ1n) is 4.20. The van der Waals surface area contributed by atoms with E-state index in [1.807, 2.05) is 4.57 Å². The van der Waals surface area contributed by atoms with Crippen LogP contribution in [-0.4, -0.2) is 29.2 Å². The van der Waals surface area contributed by atoms with E-state index in [1.54, 1.807) is 6.20 Å². The van der Waals surface area contributed by atoms with Crippen molar-refractivity contribution < 1.29 is 9.53 Å². The summed E-state index contributed by atoms with van der Waals surface area (Å²) in [5.41, 5.74) is 0.518. The zero-order valence-electron chi connectivity index (χ0n) is 7.41. The molecule has 2 rings (SSSR count). The lowest BCUT2D eigenvalue weighted by Gasteiger charge is -2.16. The predicted octanol–water partition coefficient (Wildman–Crippen LogP) is 0.485. The van der Waals surface area contributed by atoms with Crippen LogP contribution in [0.2, 0.25) is 0 Å². The highest BCUT2D eigenvalue weighted by molar-refractivity contribution is 5.87. The van der Waals surface area contributed by atoms with Crippen LogP contribution in [0.3, 0.4) is 0 Å². The molecule has 0 atom stereocenters. The van der Waals surface area contributed by atoms with Crippen LogP contribution >= 0.6 is 0 Å². The van der Waals surface area contributed by atoms with Crippen molar-refractivity contribution in [3.63, 3.8) is 0 Å². The highest BCUT2D eigenvalue weighted by Crippen LogP contribution is 2.15. The van der Waals surface area contributed by atoms with Gasteiger partial charge in [-0.25, -0.2) is 9.78 Å². The maximum Gasteiger partial charge on any atom is 0.356 e. The highest BCUT2D eigenvalue weighted by Gasteiger charge is 2.18. The largest absolute Gasteiger partial charge is 0.464 e. The molecule has 5 nitrogen and oxygen atoms in total. The molecule has 13 heavy (non-hydrogen) atoms. The number of carbonyl (C=O) groups is 1. The van der Waals surface area contributed by atoms with Gasteiger partial charge in [-0.1, -0.05) is 0 Å². The summed E-state index contributed by atoms with van der Waals surface area (Å²) in [6.07, 6.45) is 2.55. The van der Waals surface area contributed by atoms with Crippen molar-refractivity contribution in [1.29, 1.82) is 0 Å². The Balaban J connectivity index is 2.36. The number of rotatable bonds is 1. The van der Waals surface area contributed by atoms with E-state index in [1.165, 1.54) is 7.11 Å². The van der Waals surface area contributed by atoms with Gasteiger partial charge in [0.25, 0.3) is 0 Å². The third kappa shape index (κ3) is 1.26. The summed E-state index contributed by atoms with van der Waals surface area (Å²) in [6.45, 7) is 1.74. The van der Waals surface area contributed by atoms with Crippen molar-refractivity contribution in [2.24, 2.45) is 0 Å². The van der Waals surface area contributed by atoms with Gasteiger partial charge < -0.3 is 14.6 Å². The molecule has 0 saturated carbocycles. The molecule has 1 aliphatic heterocycles. The summed E-state index contributed by atoms with van der Waals surface area (Å²) >= 11 is 0. The minimum absolute atomic E-state index is 0.331. The number of carbonyl (C=O) groups excluding carboxylic acids is 1. The number of nitrogens with zero attached hydrogens (tertiary/aromatic N) is 2. The lowest BCUT2D eigenvalue weighted by atomic mass is 10.3. The Morgan fingerprint density at radius 2 is 2.62 bits per heavy atom. The Hall–Kier alpha value is -1.52. The minimum atomic E-state index is -0.331. The van der Waals surface area contributed by atoms with E-state index >= 15 is 0 Å². The molecule has 0 aliphatic carbocycles. The van der Waals surface area contributed by atoms with Gasteiger partial charge >= 0.3 is 5.97 Å². The van der Waals surface area contributed by atoms with E-state index in [0.717, 1.165) is 25.5 Å². The average molecular weight is 181 g/mol. The zero-order valence-corrected chi connectivity index (χ0v) is 7.41. The van der Waals surface area contributed by atoms with E-state index < -0.39 is 0 Å². The Kier molecular flexibility index (Phi) is 1.92. The zero-order chi connectivity index (χ0) is 9.26. The summed E-state index contributed by atoms with van der Waals surface area (Å²) in [6, 6.07) is 0. The van der Waals surface area contributed by atoms with Crippen LogP contribution in [0.5, 0.6) is 0 Å². The van der Waals surface area contributed by atoms with Gasteiger partial charge in [0, 0.05) is 13.1 Å². The molecule has 1 aliphatic rings. The lowest BCUT2D eigenvalue weighted by molar-refractivity contribution is 0.0588. The number of hydrogen-bond acceptors (Lipinski definition) is 4. The molecule has 2 heterocycles. The molecule has 0 amide bonds. The first-order chi connectivity index (χ1) is 6.33. The van der Waals surface area contributed by atoms with Gasteiger partial charge in [-0.15, -0.1) is 0 Å². The number of esters is 1. The van der Waals surface area contributed by atoms with Gasteiger partial charge in [-0.2, -0.15) is 0 Å². The van der Waals surface area contributed by atoms with E-state index in [-0.39, 0.29) is 5.97 Å². The number of methoxy groups -OCH3 is 1. The van der Waals surface area contributed by atoms with Crippen LogP contribution < -0.4 is 5.32 Å². The van der Waals surface area contributed by atoms with Crippen LogP contribution in [0.15, 0.2) is 6.20 Å². The first kappa shape index (κ1) is 8.10. The fourth-order valence-electron chi connectivity index (χ4n) is 1.45. The van der Waals surface area contributed by atoms with Crippen LogP contribution in [0.1, 0.15) is 16.9 Å². The minimum Gasteiger partial charge on any atom is -0.464 e. The van der Waals surface area contributed by atoms with Crippen molar-refractivity contribution in [1.82, 2.24) is 9.55 Å². The second-order valence-electron chi connectivity index (χ2n) is 2.89. The number of anilines is 1. The monoisotopic (exact) mass is 181 g/mol. The van der Waals surface area contributed by atoms with Gasteiger partial charge in [0.2, 0.25) is 5.95 Å². The number of imidazole rings is 1. The van der Waals surface area contributed by atoms with E-state index in [2.05, 4.69) is 15.0 Å². The van der Waals surface area contributed by atoms with Gasteiger partial charge in [0.05, 0.1) is 13.3 Å². The molecule has 70 valence electrons. The molecule has 0 spiro atoms. The Morgan fingerprint density at radius 3 is 3.38 bits per heavy atom. The molecule has 0 fully saturated rings. The summed E-state index contributed by atoms with van der Waals surface area (Å²) < 4.78 is 6.48. The number of hydrogen-bond donors (Lipinski definition) is 1. The topological polar surface area (TPSA) is 56.1 Å². The normalized spacial score (nSPS) is 14.5.